The SMILES string of the molecule is O=[N+]([O-])c1ccc(F)c(NC(=S)N[C@H]2C[C@@H]3CC[C@H]2C3)c1. The monoisotopic (exact) mass is 309 g/mol. The maximum Gasteiger partial charge on any atom is 0.271 e. The van der Waals surface area contributed by atoms with Gasteiger partial charge in [0.15, 0.2) is 5.11 Å². The van der Waals surface area contributed by atoms with Crippen molar-refractivity contribution in [3.63, 3.8) is 0 Å². The Labute approximate surface area is 127 Å². The maximum absolute atomic E-state index is 13.7. The summed E-state index contributed by atoms with van der Waals surface area (Å²) in [7, 11) is 0. The van der Waals surface area contributed by atoms with Crippen LogP contribution in [0.25, 0.3) is 0 Å². The van der Waals surface area contributed by atoms with Crippen LogP contribution in [0, 0.1) is 27.8 Å². The predicted octanol–water partition coefficient (Wildman–Crippen LogP) is 3.21. The van der Waals surface area contributed by atoms with E-state index in [1.54, 1.807) is 0 Å². The van der Waals surface area contributed by atoms with Crippen LogP contribution < -0.4 is 10.6 Å². The van der Waals surface area contributed by atoms with Crippen molar-refractivity contribution in [2.24, 2.45) is 11.8 Å². The van der Waals surface area contributed by atoms with Gasteiger partial charge in [0, 0.05) is 18.2 Å². The molecule has 21 heavy (non-hydrogen) atoms. The number of nitrogens with one attached hydrogen (secondary N) is 2. The highest BCUT2D eigenvalue weighted by Crippen LogP contribution is 2.44. The fraction of sp³-hybridized carbons (Fsp3) is 0.500. The Kier molecular flexibility index (Phi) is 3.75. The molecule has 3 rings (SSSR count). The van der Waals surface area contributed by atoms with Crippen molar-refractivity contribution in [2.75, 3.05) is 5.32 Å². The Hall–Kier alpha value is -1.76. The van der Waals surface area contributed by atoms with Crippen LogP contribution in [-0.4, -0.2) is 16.1 Å². The molecule has 112 valence electrons. The molecular formula is C14H16FN3O2S. The van der Waals surface area contributed by atoms with E-state index in [2.05, 4.69) is 10.6 Å². The van der Waals surface area contributed by atoms with Gasteiger partial charge in [-0.2, -0.15) is 0 Å². The average Bonchev–Trinajstić information content (AvgIpc) is 3.03. The molecule has 2 aliphatic rings. The van der Waals surface area contributed by atoms with Crippen molar-refractivity contribution in [3.8, 4) is 0 Å². The van der Waals surface area contributed by atoms with Crippen molar-refractivity contribution in [1.82, 2.24) is 5.32 Å². The lowest BCUT2D eigenvalue weighted by Gasteiger charge is -2.24. The summed E-state index contributed by atoms with van der Waals surface area (Å²) in [6.07, 6.45) is 4.86. The third-order valence-electron chi connectivity index (χ3n) is 4.46. The largest absolute Gasteiger partial charge is 0.359 e. The molecule has 2 bridgehead atoms. The van der Waals surface area contributed by atoms with Crippen molar-refractivity contribution >= 4 is 28.7 Å². The Morgan fingerprint density at radius 2 is 2.19 bits per heavy atom. The van der Waals surface area contributed by atoms with Gasteiger partial charge in [-0.1, -0.05) is 6.42 Å². The molecule has 0 heterocycles. The van der Waals surface area contributed by atoms with Gasteiger partial charge in [-0.15, -0.1) is 0 Å². The number of benzene rings is 1. The summed E-state index contributed by atoms with van der Waals surface area (Å²) in [5, 5.41) is 17.0. The Morgan fingerprint density at radius 1 is 1.38 bits per heavy atom. The number of nitro groups is 1. The molecule has 2 aliphatic carbocycles. The van der Waals surface area contributed by atoms with Crippen LogP contribution in [0.1, 0.15) is 25.7 Å². The second kappa shape index (κ2) is 5.55. The van der Waals surface area contributed by atoms with E-state index in [4.69, 9.17) is 12.2 Å². The summed E-state index contributed by atoms with van der Waals surface area (Å²) < 4.78 is 13.7. The Bertz CT molecular complexity index is 596. The zero-order valence-electron chi connectivity index (χ0n) is 11.3. The highest BCUT2D eigenvalue weighted by atomic mass is 32.1. The first kappa shape index (κ1) is 14.2. The molecule has 7 heteroatoms. The van der Waals surface area contributed by atoms with Crippen molar-refractivity contribution in [1.29, 1.82) is 0 Å². The van der Waals surface area contributed by atoms with Crippen LogP contribution in [0.15, 0.2) is 18.2 Å². The maximum atomic E-state index is 13.7. The van der Waals surface area contributed by atoms with E-state index in [1.807, 2.05) is 0 Å². The molecule has 0 spiro atoms. The quantitative estimate of drug-likeness (QED) is 0.510. The van der Waals surface area contributed by atoms with E-state index < -0.39 is 10.7 Å². The lowest BCUT2D eigenvalue weighted by atomic mass is 9.96. The van der Waals surface area contributed by atoms with Gasteiger partial charge < -0.3 is 10.6 Å². The summed E-state index contributed by atoms with van der Waals surface area (Å²) in [5.41, 5.74) is -0.133. The van der Waals surface area contributed by atoms with Crippen molar-refractivity contribution < 1.29 is 9.31 Å². The van der Waals surface area contributed by atoms with Gasteiger partial charge in [-0.3, -0.25) is 10.1 Å². The van der Waals surface area contributed by atoms with E-state index in [1.165, 1.54) is 19.3 Å². The number of nitrogens with zero attached hydrogens (tertiary/aromatic N) is 1. The van der Waals surface area contributed by atoms with Crippen LogP contribution in [0.2, 0.25) is 0 Å². The van der Waals surface area contributed by atoms with Crippen molar-refractivity contribution in [3.05, 3.63) is 34.1 Å². The second-order valence-corrected chi connectivity index (χ2v) is 6.21. The van der Waals surface area contributed by atoms with Gasteiger partial charge in [-0.25, -0.2) is 4.39 Å². The number of halogens is 1. The van der Waals surface area contributed by atoms with Crippen LogP contribution in [0.4, 0.5) is 15.8 Å². The number of thiocarbonyl (C=S) groups is 1. The van der Waals surface area contributed by atoms with Gasteiger partial charge in [-0.05, 0) is 49.4 Å². The van der Waals surface area contributed by atoms with Crippen LogP contribution in [0.5, 0.6) is 0 Å². The van der Waals surface area contributed by atoms with Gasteiger partial charge >= 0.3 is 0 Å². The number of anilines is 1. The van der Waals surface area contributed by atoms with Gasteiger partial charge in [0.1, 0.15) is 5.82 Å². The number of non-ortho nitro benzene ring substituents is 1. The molecule has 0 amide bonds. The number of fused-ring (bicyclic) bond motifs is 2. The molecular weight excluding hydrogens is 293 g/mol. The fourth-order valence-electron chi connectivity index (χ4n) is 3.47. The zero-order valence-corrected chi connectivity index (χ0v) is 12.2. The minimum Gasteiger partial charge on any atom is -0.359 e. The number of rotatable bonds is 3. The molecule has 3 atom stereocenters. The summed E-state index contributed by atoms with van der Waals surface area (Å²) in [5.74, 6) is 0.868. The molecule has 1 aromatic rings. The van der Waals surface area contributed by atoms with Crippen LogP contribution in [-0.2, 0) is 0 Å². The van der Waals surface area contributed by atoms with Crippen LogP contribution >= 0.6 is 12.2 Å². The summed E-state index contributed by atoms with van der Waals surface area (Å²) in [6.45, 7) is 0. The molecule has 0 saturated heterocycles. The summed E-state index contributed by atoms with van der Waals surface area (Å²) in [4.78, 5) is 10.2. The molecule has 2 fully saturated rings. The Morgan fingerprint density at radius 3 is 2.81 bits per heavy atom. The van der Waals surface area contributed by atoms with E-state index in [0.29, 0.717) is 17.1 Å². The zero-order chi connectivity index (χ0) is 15.0. The van der Waals surface area contributed by atoms with Gasteiger partial charge in [0.2, 0.25) is 0 Å². The van der Waals surface area contributed by atoms with Gasteiger partial charge in [0.05, 0.1) is 10.6 Å². The lowest BCUT2D eigenvalue weighted by Crippen LogP contribution is -2.40. The van der Waals surface area contributed by atoms with E-state index >= 15 is 0 Å². The molecule has 5 nitrogen and oxygen atoms in total. The minimum atomic E-state index is -0.559. The highest BCUT2D eigenvalue weighted by Gasteiger charge is 2.39. The summed E-state index contributed by atoms with van der Waals surface area (Å²) in [6, 6.07) is 3.70. The highest BCUT2D eigenvalue weighted by molar-refractivity contribution is 7.80. The first-order chi connectivity index (χ1) is 10.0. The smallest absolute Gasteiger partial charge is 0.271 e. The number of hydrogen-bond donors (Lipinski definition) is 2. The van der Waals surface area contributed by atoms with E-state index in [0.717, 1.165) is 30.5 Å². The molecule has 1 aromatic carbocycles. The molecule has 2 saturated carbocycles. The number of hydrogen-bond acceptors (Lipinski definition) is 3. The molecule has 2 N–H and O–H groups in total. The molecule has 0 unspecified atom stereocenters. The third kappa shape index (κ3) is 2.97. The van der Waals surface area contributed by atoms with E-state index in [9.17, 15) is 14.5 Å². The molecule has 0 aromatic heterocycles. The second-order valence-electron chi connectivity index (χ2n) is 5.80. The molecule has 0 aliphatic heterocycles. The minimum absolute atomic E-state index is 0.0323. The standard InChI is InChI=1S/C14H16FN3O2S/c15-11-4-3-10(18(19)20)7-13(11)17-14(21)16-12-6-8-1-2-9(12)5-8/h3-4,7-9,12H,1-2,5-6H2,(H2,16,17,21)/t8-,9+,12+/m1/s1. The van der Waals surface area contributed by atoms with Gasteiger partial charge in [0.25, 0.3) is 5.69 Å². The number of nitro benzene ring substituents is 1. The normalized spacial score (nSPS) is 26.6. The average molecular weight is 309 g/mol. The lowest BCUT2D eigenvalue weighted by molar-refractivity contribution is -0.384. The Balaban J connectivity index is 1.64. The topological polar surface area (TPSA) is 67.2 Å². The third-order valence-corrected chi connectivity index (χ3v) is 4.68. The summed E-state index contributed by atoms with van der Waals surface area (Å²) >= 11 is 5.20. The van der Waals surface area contributed by atoms with Crippen molar-refractivity contribution in [2.45, 2.75) is 31.7 Å². The first-order valence-corrected chi connectivity index (χ1v) is 7.45. The predicted molar refractivity (Wildman–Crippen MR) is 81.6 cm³/mol. The van der Waals surface area contributed by atoms with E-state index in [-0.39, 0.29) is 11.4 Å². The fourth-order valence-corrected chi connectivity index (χ4v) is 3.73. The molecule has 0 radical (unpaired) electrons. The van der Waals surface area contributed by atoms with Crippen LogP contribution in [0.3, 0.4) is 0 Å². The first-order valence-electron chi connectivity index (χ1n) is 7.04.